The second kappa shape index (κ2) is 6.15. The summed E-state index contributed by atoms with van der Waals surface area (Å²) >= 11 is 0.485. The van der Waals surface area contributed by atoms with E-state index >= 15 is 0 Å². The summed E-state index contributed by atoms with van der Waals surface area (Å²) in [7, 11) is 1.35. The summed E-state index contributed by atoms with van der Waals surface area (Å²) in [6.45, 7) is 0. The summed E-state index contributed by atoms with van der Waals surface area (Å²) in [5.74, 6) is 0. The Labute approximate surface area is 44.3 Å². The van der Waals surface area contributed by atoms with Crippen LogP contribution in [0.4, 0.5) is 0 Å². The lowest BCUT2D eigenvalue weighted by atomic mass is 11.8. The fourth-order valence-electron chi connectivity index (χ4n) is 0.0505. The van der Waals surface area contributed by atoms with E-state index in [1.165, 1.54) is 7.11 Å². The minimum Gasteiger partial charge on any atom is -0.690 e. The summed E-state index contributed by atoms with van der Waals surface area (Å²) < 4.78 is 7.99. The van der Waals surface area contributed by atoms with E-state index in [0.717, 1.165) is 0 Å². The van der Waals surface area contributed by atoms with Crippen molar-refractivity contribution in [3.05, 3.63) is 0 Å². The van der Waals surface area contributed by atoms with Crippen LogP contribution in [0.5, 0.6) is 0 Å². The molecule has 5 nitrogen and oxygen atoms in total. The molecule has 0 rings (SSSR count). The molecule has 6 heteroatoms. The van der Waals surface area contributed by atoms with Gasteiger partial charge in [0.15, 0.2) is 12.3 Å². The fourth-order valence-corrected chi connectivity index (χ4v) is 0.151. The molecule has 0 bridgehead atoms. The molecule has 0 aromatic carbocycles. The van der Waals surface area contributed by atoms with Crippen LogP contribution in [0, 0.1) is 0 Å². The standard InChI is InChI=1S/CH4O5S/c1-3-7-6-5-4-2/h2H,1H3/p-1. The predicted octanol–water partition coefficient (Wildman–Crippen LogP) is -0.649. The SMILES string of the molecule is COSOOO[O-]. The van der Waals surface area contributed by atoms with Crippen LogP contribution in [0.15, 0.2) is 0 Å². The van der Waals surface area contributed by atoms with Gasteiger partial charge in [-0.1, -0.05) is 5.04 Å². The van der Waals surface area contributed by atoms with Gasteiger partial charge in [-0.15, -0.1) is 4.33 Å². The van der Waals surface area contributed by atoms with Gasteiger partial charge in [0.1, 0.15) is 0 Å². The van der Waals surface area contributed by atoms with Crippen LogP contribution in [0.2, 0.25) is 0 Å². The van der Waals surface area contributed by atoms with Crippen molar-refractivity contribution in [2.75, 3.05) is 7.11 Å². The lowest BCUT2D eigenvalue weighted by Crippen LogP contribution is -2.03. The molecule has 0 N–H and O–H groups in total. The number of hydrogen-bond acceptors (Lipinski definition) is 6. The molecule has 0 saturated carbocycles. The van der Waals surface area contributed by atoms with Crippen molar-refractivity contribution in [1.82, 2.24) is 0 Å². The van der Waals surface area contributed by atoms with Crippen molar-refractivity contribution in [2.24, 2.45) is 0 Å². The lowest BCUT2D eigenvalue weighted by molar-refractivity contribution is -0.838. The minimum absolute atomic E-state index is 0.485. The normalized spacial score (nSPS) is 9.43. The monoisotopic (exact) mass is 127 g/mol. The van der Waals surface area contributed by atoms with Gasteiger partial charge in [-0.25, -0.2) is 0 Å². The van der Waals surface area contributed by atoms with Crippen LogP contribution < -0.4 is 5.26 Å². The molecular formula is CH3O5S-. The van der Waals surface area contributed by atoms with Crippen molar-refractivity contribution >= 4 is 12.3 Å². The van der Waals surface area contributed by atoms with Crippen LogP contribution in [0.3, 0.4) is 0 Å². The third kappa shape index (κ3) is 6.15. The Balaban J connectivity index is 2.45. The van der Waals surface area contributed by atoms with Crippen LogP contribution >= 0.6 is 12.3 Å². The Morgan fingerprint density at radius 3 is 2.71 bits per heavy atom. The maximum absolute atomic E-state index is 8.89. The molecule has 0 unspecified atom stereocenters. The first-order valence-electron chi connectivity index (χ1n) is 1.24. The van der Waals surface area contributed by atoms with Crippen molar-refractivity contribution in [3.8, 4) is 0 Å². The van der Waals surface area contributed by atoms with E-state index in [9.17, 15) is 0 Å². The Morgan fingerprint density at radius 1 is 1.57 bits per heavy atom. The second-order valence-corrected chi connectivity index (χ2v) is 1.04. The van der Waals surface area contributed by atoms with Crippen LogP contribution in [0.25, 0.3) is 0 Å². The molecule has 0 aliphatic carbocycles. The van der Waals surface area contributed by atoms with Crippen molar-refractivity contribution in [3.63, 3.8) is 0 Å². The molecule has 0 atom stereocenters. The third-order valence-electron chi connectivity index (χ3n) is 0.151. The summed E-state index contributed by atoms with van der Waals surface area (Å²) in [6, 6.07) is 0. The predicted molar refractivity (Wildman–Crippen MR) is 17.9 cm³/mol. The summed E-state index contributed by atoms with van der Waals surface area (Å²) in [6.07, 6.45) is 0. The van der Waals surface area contributed by atoms with Crippen molar-refractivity contribution in [1.29, 1.82) is 0 Å². The zero-order chi connectivity index (χ0) is 5.54. The molecule has 0 aliphatic rings. The third-order valence-corrected chi connectivity index (χ3v) is 0.399. The van der Waals surface area contributed by atoms with E-state index in [4.69, 9.17) is 5.26 Å². The first-order chi connectivity index (χ1) is 3.41. The van der Waals surface area contributed by atoms with Gasteiger partial charge in [0.2, 0.25) is 0 Å². The van der Waals surface area contributed by atoms with Crippen LogP contribution in [-0.4, -0.2) is 7.11 Å². The van der Waals surface area contributed by atoms with E-state index in [2.05, 4.69) is 18.6 Å². The Hall–Kier alpha value is 0.150. The average molecular weight is 127 g/mol. The zero-order valence-corrected chi connectivity index (χ0v) is 4.27. The highest BCUT2D eigenvalue weighted by Crippen LogP contribution is 1.99. The van der Waals surface area contributed by atoms with Gasteiger partial charge < -0.3 is 5.26 Å². The quantitative estimate of drug-likeness (QED) is 0.216. The van der Waals surface area contributed by atoms with Gasteiger partial charge in [0, 0.05) is 0 Å². The van der Waals surface area contributed by atoms with Gasteiger partial charge in [0.05, 0.1) is 7.11 Å². The van der Waals surface area contributed by atoms with E-state index in [-0.39, 0.29) is 0 Å². The largest absolute Gasteiger partial charge is 0.690 e. The molecule has 0 aromatic rings. The summed E-state index contributed by atoms with van der Waals surface area (Å²) in [5.41, 5.74) is 0. The molecule has 0 fully saturated rings. The van der Waals surface area contributed by atoms with Crippen molar-refractivity contribution in [2.45, 2.75) is 0 Å². The molecule has 0 heterocycles. The molecule has 0 aromatic heterocycles. The van der Waals surface area contributed by atoms with Crippen LogP contribution in [0.1, 0.15) is 0 Å². The molecule has 0 radical (unpaired) electrons. The Bertz CT molecular complexity index is 27.3. The van der Waals surface area contributed by atoms with Gasteiger partial charge >= 0.3 is 0 Å². The molecule has 0 spiro atoms. The lowest BCUT2D eigenvalue weighted by Gasteiger charge is -1.99. The molecular weight excluding hydrogens is 124 g/mol. The van der Waals surface area contributed by atoms with E-state index in [1.54, 1.807) is 0 Å². The molecule has 0 aliphatic heterocycles. The first-order valence-corrected chi connectivity index (χ1v) is 1.91. The van der Waals surface area contributed by atoms with Gasteiger partial charge in [-0.2, -0.15) is 0 Å². The van der Waals surface area contributed by atoms with Crippen LogP contribution in [-0.2, 0) is 18.6 Å². The minimum atomic E-state index is 0.485. The van der Waals surface area contributed by atoms with Gasteiger partial charge in [-0.05, 0) is 0 Å². The highest BCUT2D eigenvalue weighted by Gasteiger charge is 1.79. The van der Waals surface area contributed by atoms with E-state index < -0.39 is 0 Å². The molecule has 0 amide bonds. The zero-order valence-electron chi connectivity index (χ0n) is 3.45. The Kier molecular flexibility index (Phi) is 6.28. The van der Waals surface area contributed by atoms with Gasteiger partial charge in [-0.3, -0.25) is 9.22 Å². The first kappa shape index (κ1) is 7.15. The second-order valence-electron chi connectivity index (χ2n) is 0.439. The van der Waals surface area contributed by atoms with Gasteiger partial charge in [0.25, 0.3) is 0 Å². The smallest absolute Gasteiger partial charge is 0.197 e. The number of hydrogen-bond donors (Lipinski definition) is 0. The fraction of sp³-hybridized carbons (Fsp3) is 1.00. The molecule has 7 heavy (non-hydrogen) atoms. The summed E-state index contributed by atoms with van der Waals surface area (Å²) in [5, 5.41) is 15.0. The van der Waals surface area contributed by atoms with E-state index in [1.807, 2.05) is 0 Å². The maximum atomic E-state index is 8.89. The summed E-state index contributed by atoms with van der Waals surface area (Å²) in [4.78, 5) is 0. The number of rotatable bonds is 4. The average Bonchev–Trinajstić information content (AvgIpc) is 1.69. The molecule has 0 saturated heterocycles. The highest BCUT2D eigenvalue weighted by atomic mass is 32.2. The molecule has 44 valence electrons. The van der Waals surface area contributed by atoms with Crippen molar-refractivity contribution < 1.29 is 23.9 Å². The Morgan fingerprint density at radius 2 is 2.29 bits per heavy atom. The highest BCUT2D eigenvalue weighted by molar-refractivity contribution is 7.89. The van der Waals surface area contributed by atoms with E-state index in [0.29, 0.717) is 12.3 Å². The topological polar surface area (TPSA) is 60.0 Å². The maximum Gasteiger partial charge on any atom is 0.197 e.